The molecule has 1 aromatic heterocycles. The van der Waals surface area contributed by atoms with E-state index in [9.17, 15) is 8.42 Å². The van der Waals surface area contributed by atoms with Gasteiger partial charge < -0.3 is 4.74 Å². The zero-order valence-electron chi connectivity index (χ0n) is 12.3. The van der Waals surface area contributed by atoms with Gasteiger partial charge in [0.25, 0.3) is 0 Å². The maximum absolute atomic E-state index is 12.4. The summed E-state index contributed by atoms with van der Waals surface area (Å²) in [4.78, 5) is 4.53. The van der Waals surface area contributed by atoms with Gasteiger partial charge in [0.05, 0.1) is 10.4 Å². The number of nitrogens with zero attached hydrogens (tertiary/aromatic N) is 1. The summed E-state index contributed by atoms with van der Waals surface area (Å²) < 4.78 is 32.6. The number of pyridine rings is 1. The van der Waals surface area contributed by atoms with Gasteiger partial charge in [-0.3, -0.25) is 4.98 Å². The molecule has 0 aliphatic rings. The molecule has 0 aliphatic carbocycles. The van der Waals surface area contributed by atoms with Crippen molar-refractivity contribution in [1.29, 1.82) is 0 Å². The molecule has 0 spiro atoms. The minimum atomic E-state index is -3.54. The number of ether oxygens (including phenoxy) is 1. The third-order valence-electron chi connectivity index (χ3n) is 3.18. The first-order chi connectivity index (χ1) is 10.1. The van der Waals surface area contributed by atoms with Crippen molar-refractivity contribution < 1.29 is 13.2 Å². The molecule has 1 heterocycles. The van der Waals surface area contributed by atoms with Gasteiger partial charge in [0.1, 0.15) is 0 Å². The maximum atomic E-state index is 12.4. The molecule has 0 fully saturated rings. The van der Waals surface area contributed by atoms with Gasteiger partial charge in [0.15, 0.2) is 0 Å². The second kappa shape index (κ2) is 6.98. The summed E-state index contributed by atoms with van der Waals surface area (Å²) in [5, 5.41) is 0.648. The molecule has 0 radical (unpaired) electrons. The van der Waals surface area contributed by atoms with Crippen LogP contribution in [0.15, 0.2) is 35.4 Å². The maximum Gasteiger partial charge on any atom is 0.241 e. The van der Waals surface area contributed by atoms with Crippen LogP contribution in [0.5, 0.6) is 0 Å². The average molecular weight is 308 g/mol. The number of rotatable bonds is 7. The minimum absolute atomic E-state index is 0.271. The van der Waals surface area contributed by atoms with E-state index in [0.29, 0.717) is 31.6 Å². The van der Waals surface area contributed by atoms with Crippen molar-refractivity contribution in [3.63, 3.8) is 0 Å². The Hall–Kier alpha value is -1.50. The number of sulfonamides is 1. The number of hydrogen-bond acceptors (Lipinski definition) is 4. The number of aryl methyl sites for hydroxylation is 1. The van der Waals surface area contributed by atoms with Gasteiger partial charge in [-0.2, -0.15) is 0 Å². The Kier molecular flexibility index (Phi) is 5.27. The molecule has 114 valence electrons. The van der Waals surface area contributed by atoms with Crippen LogP contribution >= 0.6 is 0 Å². The molecule has 5 nitrogen and oxygen atoms in total. The minimum Gasteiger partial charge on any atom is -0.382 e. The molecular formula is C15H20N2O3S. The smallest absolute Gasteiger partial charge is 0.241 e. The third kappa shape index (κ3) is 3.78. The molecule has 1 N–H and O–H groups in total. The van der Waals surface area contributed by atoms with E-state index in [1.165, 1.54) is 0 Å². The van der Waals surface area contributed by atoms with Gasteiger partial charge >= 0.3 is 0 Å². The van der Waals surface area contributed by atoms with Gasteiger partial charge in [0, 0.05) is 31.3 Å². The van der Waals surface area contributed by atoms with Crippen LogP contribution in [0.1, 0.15) is 18.9 Å². The molecule has 21 heavy (non-hydrogen) atoms. The van der Waals surface area contributed by atoms with Crippen molar-refractivity contribution in [1.82, 2.24) is 9.71 Å². The van der Waals surface area contributed by atoms with Gasteiger partial charge in [-0.1, -0.05) is 6.07 Å². The van der Waals surface area contributed by atoms with E-state index in [0.717, 1.165) is 11.1 Å². The van der Waals surface area contributed by atoms with Crippen molar-refractivity contribution in [3.8, 4) is 0 Å². The zero-order valence-corrected chi connectivity index (χ0v) is 13.1. The van der Waals surface area contributed by atoms with E-state index in [-0.39, 0.29) is 4.90 Å². The Morgan fingerprint density at radius 2 is 2.10 bits per heavy atom. The summed E-state index contributed by atoms with van der Waals surface area (Å²) in [6.45, 7) is 5.38. The van der Waals surface area contributed by atoms with Crippen LogP contribution < -0.4 is 4.72 Å². The second-order valence-corrected chi connectivity index (χ2v) is 6.46. The Labute approximate surface area is 125 Å². The fourth-order valence-electron chi connectivity index (χ4n) is 2.12. The number of aromatic nitrogens is 1. The molecule has 0 saturated heterocycles. The second-order valence-electron chi connectivity index (χ2n) is 4.73. The Bertz CT molecular complexity index is 714. The lowest BCUT2D eigenvalue weighted by Gasteiger charge is -2.10. The molecule has 1 aromatic carbocycles. The van der Waals surface area contributed by atoms with Gasteiger partial charge in [-0.25, -0.2) is 13.1 Å². The fourth-order valence-corrected chi connectivity index (χ4v) is 3.39. The van der Waals surface area contributed by atoms with E-state index < -0.39 is 10.0 Å². The molecule has 0 bridgehead atoms. The molecule has 0 unspecified atom stereocenters. The Morgan fingerprint density at radius 1 is 1.29 bits per heavy atom. The quantitative estimate of drug-likeness (QED) is 0.797. The summed E-state index contributed by atoms with van der Waals surface area (Å²) in [5.41, 5.74) is 1.68. The first-order valence-corrected chi connectivity index (χ1v) is 8.46. The average Bonchev–Trinajstić information content (AvgIpc) is 2.47. The van der Waals surface area contributed by atoms with Crippen LogP contribution in [-0.4, -0.2) is 33.2 Å². The van der Waals surface area contributed by atoms with E-state index >= 15 is 0 Å². The van der Waals surface area contributed by atoms with Crippen molar-refractivity contribution in [2.24, 2.45) is 0 Å². The predicted octanol–water partition coefficient (Wildman–Crippen LogP) is 2.25. The number of nitrogens with one attached hydrogen (secondary N) is 1. The first-order valence-electron chi connectivity index (χ1n) is 6.98. The van der Waals surface area contributed by atoms with Crippen LogP contribution in [0, 0.1) is 6.92 Å². The van der Waals surface area contributed by atoms with E-state index in [1.54, 1.807) is 30.5 Å². The van der Waals surface area contributed by atoms with Gasteiger partial charge in [0.2, 0.25) is 10.0 Å². The summed E-state index contributed by atoms with van der Waals surface area (Å²) in [5.74, 6) is 0. The van der Waals surface area contributed by atoms with E-state index in [1.807, 2.05) is 13.8 Å². The first kappa shape index (κ1) is 15.9. The molecule has 0 aliphatic heterocycles. The Morgan fingerprint density at radius 3 is 2.86 bits per heavy atom. The summed E-state index contributed by atoms with van der Waals surface area (Å²) >= 11 is 0. The molecule has 6 heteroatoms. The van der Waals surface area contributed by atoms with E-state index in [4.69, 9.17) is 4.74 Å². The van der Waals surface area contributed by atoms with Crippen LogP contribution in [0.2, 0.25) is 0 Å². The lowest BCUT2D eigenvalue weighted by atomic mass is 10.1. The molecule has 0 amide bonds. The number of hydrogen-bond donors (Lipinski definition) is 1. The lowest BCUT2D eigenvalue weighted by molar-refractivity contribution is 0.146. The molecule has 2 rings (SSSR count). The monoisotopic (exact) mass is 308 g/mol. The fraction of sp³-hybridized carbons (Fsp3) is 0.400. The molecular weight excluding hydrogens is 288 g/mol. The van der Waals surface area contributed by atoms with Crippen molar-refractivity contribution >= 4 is 20.9 Å². The van der Waals surface area contributed by atoms with Crippen molar-refractivity contribution in [3.05, 3.63) is 36.0 Å². The lowest BCUT2D eigenvalue weighted by Crippen LogP contribution is -2.26. The Balaban J connectivity index is 2.23. The zero-order chi connectivity index (χ0) is 15.3. The van der Waals surface area contributed by atoms with Crippen LogP contribution in [0.4, 0.5) is 0 Å². The number of benzene rings is 1. The van der Waals surface area contributed by atoms with Crippen LogP contribution in [-0.2, 0) is 14.8 Å². The largest absolute Gasteiger partial charge is 0.382 e. The van der Waals surface area contributed by atoms with Crippen LogP contribution in [0.25, 0.3) is 10.9 Å². The summed E-state index contributed by atoms with van der Waals surface area (Å²) in [6, 6.07) is 6.94. The molecule has 2 aromatic rings. The SMILES string of the molecule is CCOCCCNS(=O)(=O)c1ccc(C)c2ncccc12. The molecule has 0 saturated carbocycles. The highest BCUT2D eigenvalue weighted by atomic mass is 32.2. The highest BCUT2D eigenvalue weighted by Crippen LogP contribution is 2.23. The highest BCUT2D eigenvalue weighted by Gasteiger charge is 2.17. The highest BCUT2D eigenvalue weighted by molar-refractivity contribution is 7.89. The molecule has 0 atom stereocenters. The van der Waals surface area contributed by atoms with Crippen LogP contribution in [0.3, 0.4) is 0 Å². The topological polar surface area (TPSA) is 68.3 Å². The third-order valence-corrected chi connectivity index (χ3v) is 4.70. The normalized spacial score (nSPS) is 11.9. The summed E-state index contributed by atoms with van der Waals surface area (Å²) in [6.07, 6.45) is 2.32. The standard InChI is InChI=1S/C15H20N2O3S/c1-3-20-11-5-10-17-21(18,19)14-8-7-12(2)15-13(14)6-4-9-16-15/h4,6-9,17H,3,5,10-11H2,1-2H3. The van der Waals surface area contributed by atoms with Crippen molar-refractivity contribution in [2.75, 3.05) is 19.8 Å². The van der Waals surface area contributed by atoms with Crippen molar-refractivity contribution in [2.45, 2.75) is 25.2 Å². The summed E-state index contributed by atoms with van der Waals surface area (Å²) in [7, 11) is -3.54. The number of fused-ring (bicyclic) bond motifs is 1. The van der Waals surface area contributed by atoms with Gasteiger partial charge in [-0.05, 0) is 44.0 Å². The predicted molar refractivity (Wildman–Crippen MR) is 82.8 cm³/mol. The van der Waals surface area contributed by atoms with E-state index in [2.05, 4.69) is 9.71 Å². The van der Waals surface area contributed by atoms with Gasteiger partial charge in [-0.15, -0.1) is 0 Å².